The lowest BCUT2D eigenvalue weighted by Crippen LogP contribution is -2.30. The Bertz CT molecular complexity index is 1150. The first-order valence-corrected chi connectivity index (χ1v) is 10.8. The number of likely N-dealkylation sites (tertiary alicyclic amines) is 1. The zero-order valence-corrected chi connectivity index (χ0v) is 18.1. The monoisotopic (exact) mass is 439 g/mol. The van der Waals surface area contributed by atoms with Crippen molar-refractivity contribution in [2.75, 3.05) is 13.1 Å². The van der Waals surface area contributed by atoms with Gasteiger partial charge in [0.1, 0.15) is 11.6 Å². The van der Waals surface area contributed by atoms with Crippen LogP contribution in [0.2, 0.25) is 0 Å². The van der Waals surface area contributed by atoms with E-state index in [0.29, 0.717) is 30.2 Å². The Balaban J connectivity index is 1.47. The van der Waals surface area contributed by atoms with E-state index in [0.717, 1.165) is 27.6 Å². The first kappa shape index (κ1) is 21.0. The van der Waals surface area contributed by atoms with Crippen LogP contribution in [-0.4, -0.2) is 44.8 Å². The molecule has 31 heavy (non-hydrogen) atoms. The third-order valence-electron chi connectivity index (χ3n) is 5.40. The van der Waals surface area contributed by atoms with E-state index < -0.39 is 5.91 Å². The van der Waals surface area contributed by atoms with Crippen molar-refractivity contribution < 1.29 is 14.0 Å². The maximum absolute atomic E-state index is 13.3. The molecular weight excluding hydrogens is 417 g/mol. The molecule has 0 radical (unpaired) electrons. The lowest BCUT2D eigenvalue weighted by Gasteiger charge is -2.16. The summed E-state index contributed by atoms with van der Waals surface area (Å²) in [4.78, 5) is 40.3. The van der Waals surface area contributed by atoms with Crippen LogP contribution in [0.1, 0.15) is 44.1 Å². The highest BCUT2D eigenvalue weighted by Gasteiger charge is 2.30. The third-order valence-corrected chi connectivity index (χ3v) is 6.37. The molecule has 9 heteroatoms. The average Bonchev–Trinajstić information content (AvgIpc) is 3.35. The number of rotatable bonds is 5. The van der Waals surface area contributed by atoms with Gasteiger partial charge in [-0.3, -0.25) is 9.59 Å². The van der Waals surface area contributed by atoms with E-state index in [1.807, 2.05) is 11.8 Å². The first-order valence-electron chi connectivity index (χ1n) is 9.95. The zero-order chi connectivity index (χ0) is 22.1. The molecule has 1 aliphatic heterocycles. The number of thiazole rings is 1. The fourth-order valence-electron chi connectivity index (χ4n) is 3.79. The van der Waals surface area contributed by atoms with E-state index in [-0.39, 0.29) is 24.1 Å². The van der Waals surface area contributed by atoms with Crippen LogP contribution < -0.4 is 5.73 Å². The molecule has 0 aliphatic carbocycles. The summed E-state index contributed by atoms with van der Waals surface area (Å²) in [5.74, 6) is -0.204. The highest BCUT2D eigenvalue weighted by atomic mass is 32.1. The Labute approximate surface area is 183 Å². The standard InChI is InChI=1S/C22H22FN5O2S/c1-12-17(21(24)30)10-25-22(26-12)15-7-8-28(11-15)19(29)9-18-20(27-13(2)31-18)14-3-5-16(23)6-4-14/h3-6,10,15H,7-9,11H2,1-2H3,(H2,24,30)/t15-/m1/s1. The molecule has 0 unspecified atom stereocenters. The smallest absolute Gasteiger partial charge is 0.252 e. The van der Waals surface area contributed by atoms with Crippen molar-refractivity contribution in [1.29, 1.82) is 0 Å². The summed E-state index contributed by atoms with van der Waals surface area (Å²) in [6.07, 6.45) is 2.46. The quantitative estimate of drug-likeness (QED) is 0.658. The minimum atomic E-state index is -0.552. The van der Waals surface area contributed by atoms with Gasteiger partial charge in [-0.05, 0) is 44.5 Å². The Morgan fingerprint density at radius 3 is 2.65 bits per heavy atom. The molecule has 2 aromatic heterocycles. The highest BCUT2D eigenvalue weighted by Crippen LogP contribution is 2.31. The van der Waals surface area contributed by atoms with Gasteiger partial charge in [0.05, 0.1) is 28.4 Å². The lowest BCUT2D eigenvalue weighted by molar-refractivity contribution is -0.129. The van der Waals surface area contributed by atoms with E-state index in [1.54, 1.807) is 19.1 Å². The van der Waals surface area contributed by atoms with Gasteiger partial charge in [0.15, 0.2) is 0 Å². The van der Waals surface area contributed by atoms with E-state index in [9.17, 15) is 14.0 Å². The van der Waals surface area contributed by atoms with E-state index >= 15 is 0 Å². The molecule has 2 N–H and O–H groups in total. The molecule has 160 valence electrons. The average molecular weight is 440 g/mol. The second-order valence-corrected chi connectivity index (χ2v) is 8.89. The van der Waals surface area contributed by atoms with E-state index in [2.05, 4.69) is 15.0 Å². The SMILES string of the molecule is Cc1nc(-c2ccc(F)cc2)c(CC(=O)N2CC[C@@H](c3ncc(C(N)=O)c(C)n3)C2)s1. The molecule has 7 nitrogen and oxygen atoms in total. The van der Waals surface area contributed by atoms with Gasteiger partial charge in [0.2, 0.25) is 5.91 Å². The first-order chi connectivity index (χ1) is 14.8. The second kappa shape index (κ2) is 8.50. The molecule has 1 aromatic carbocycles. The zero-order valence-electron chi connectivity index (χ0n) is 17.3. The molecule has 3 aromatic rings. The number of aryl methyl sites for hydroxylation is 2. The Kier molecular flexibility index (Phi) is 5.77. The number of aromatic nitrogens is 3. The van der Waals surface area contributed by atoms with E-state index in [4.69, 9.17) is 5.73 Å². The van der Waals surface area contributed by atoms with Gasteiger partial charge in [-0.1, -0.05) is 0 Å². The van der Waals surface area contributed by atoms with E-state index in [1.165, 1.54) is 29.7 Å². The summed E-state index contributed by atoms with van der Waals surface area (Å²) >= 11 is 1.48. The fraction of sp³-hybridized carbons (Fsp3) is 0.318. The Morgan fingerprint density at radius 2 is 1.97 bits per heavy atom. The van der Waals surface area contributed by atoms with Crippen LogP contribution in [-0.2, 0) is 11.2 Å². The number of carbonyl (C=O) groups is 2. The van der Waals surface area contributed by atoms with Gasteiger partial charge in [-0.25, -0.2) is 19.3 Å². The van der Waals surface area contributed by atoms with Gasteiger partial charge in [-0.2, -0.15) is 0 Å². The Morgan fingerprint density at radius 1 is 1.23 bits per heavy atom. The predicted molar refractivity (Wildman–Crippen MR) is 115 cm³/mol. The van der Waals surface area contributed by atoms with Crippen molar-refractivity contribution in [3.63, 3.8) is 0 Å². The van der Waals surface area contributed by atoms with Gasteiger partial charge in [0.25, 0.3) is 5.91 Å². The molecular formula is C22H22FN5O2S. The number of amides is 2. The van der Waals surface area contributed by atoms with Crippen LogP contribution in [0.5, 0.6) is 0 Å². The third kappa shape index (κ3) is 4.46. The van der Waals surface area contributed by atoms with Crippen LogP contribution in [0.15, 0.2) is 30.5 Å². The minimum Gasteiger partial charge on any atom is -0.365 e. The molecule has 0 spiro atoms. The molecule has 1 fully saturated rings. The fourth-order valence-corrected chi connectivity index (χ4v) is 4.74. The second-order valence-electron chi connectivity index (χ2n) is 7.61. The molecule has 1 aliphatic rings. The van der Waals surface area contributed by atoms with Crippen LogP contribution in [0.25, 0.3) is 11.3 Å². The molecule has 2 amide bonds. The van der Waals surface area contributed by atoms with Gasteiger partial charge >= 0.3 is 0 Å². The molecule has 0 saturated carbocycles. The van der Waals surface area contributed by atoms with Crippen molar-refractivity contribution in [3.8, 4) is 11.3 Å². The van der Waals surface area contributed by atoms with Crippen LogP contribution in [0.4, 0.5) is 4.39 Å². The molecule has 1 atom stereocenters. The summed E-state index contributed by atoms with van der Waals surface area (Å²) in [5.41, 5.74) is 7.71. The summed E-state index contributed by atoms with van der Waals surface area (Å²) in [6, 6.07) is 6.15. The maximum Gasteiger partial charge on any atom is 0.252 e. The number of halogens is 1. The topological polar surface area (TPSA) is 102 Å². The normalized spacial score (nSPS) is 16.0. The van der Waals surface area contributed by atoms with Crippen molar-refractivity contribution in [2.24, 2.45) is 5.73 Å². The number of carbonyl (C=O) groups excluding carboxylic acids is 2. The lowest BCUT2D eigenvalue weighted by atomic mass is 10.1. The number of benzene rings is 1. The number of hydrogen-bond acceptors (Lipinski definition) is 6. The molecule has 0 bridgehead atoms. The van der Waals surface area contributed by atoms with Gasteiger partial charge < -0.3 is 10.6 Å². The number of primary amides is 1. The highest BCUT2D eigenvalue weighted by molar-refractivity contribution is 7.12. The van der Waals surface area contributed by atoms with Crippen LogP contribution in [0, 0.1) is 19.7 Å². The number of hydrogen-bond donors (Lipinski definition) is 1. The summed E-state index contributed by atoms with van der Waals surface area (Å²) in [6.45, 7) is 4.77. The minimum absolute atomic E-state index is 0.0139. The molecule has 3 heterocycles. The summed E-state index contributed by atoms with van der Waals surface area (Å²) < 4.78 is 13.3. The van der Waals surface area contributed by atoms with Crippen molar-refractivity contribution >= 4 is 23.2 Å². The molecule has 1 saturated heterocycles. The largest absolute Gasteiger partial charge is 0.365 e. The van der Waals surface area contributed by atoms with Crippen molar-refractivity contribution in [2.45, 2.75) is 32.6 Å². The van der Waals surface area contributed by atoms with Crippen molar-refractivity contribution in [3.05, 3.63) is 63.2 Å². The predicted octanol–water partition coefficient (Wildman–Crippen LogP) is 3.01. The van der Waals surface area contributed by atoms with Crippen molar-refractivity contribution in [1.82, 2.24) is 19.9 Å². The van der Waals surface area contributed by atoms with Crippen LogP contribution in [0.3, 0.4) is 0 Å². The Hall–Kier alpha value is -3.20. The maximum atomic E-state index is 13.3. The number of nitrogens with zero attached hydrogens (tertiary/aromatic N) is 4. The van der Waals surface area contributed by atoms with Gasteiger partial charge in [0, 0.05) is 35.6 Å². The number of nitrogens with two attached hydrogens (primary N) is 1. The van der Waals surface area contributed by atoms with Gasteiger partial charge in [-0.15, -0.1) is 11.3 Å². The molecule has 4 rings (SSSR count). The summed E-state index contributed by atoms with van der Waals surface area (Å²) in [7, 11) is 0. The van der Waals surface area contributed by atoms with Crippen LogP contribution >= 0.6 is 11.3 Å². The summed E-state index contributed by atoms with van der Waals surface area (Å²) in [5, 5.41) is 0.861.